The Hall–Kier alpha value is -2.77. The largest absolute Gasteiger partial charge is 0.507 e. The van der Waals surface area contributed by atoms with Crippen molar-refractivity contribution in [2.24, 2.45) is 0 Å². The zero-order valence-electron chi connectivity index (χ0n) is 19.8. The maximum Gasteiger partial charge on any atom is 0.123 e. The molecule has 0 aliphatic carbocycles. The highest BCUT2D eigenvalue weighted by atomic mass is 32.2. The summed E-state index contributed by atoms with van der Waals surface area (Å²) in [6.45, 7) is 12.9. The van der Waals surface area contributed by atoms with Gasteiger partial charge in [-0.1, -0.05) is 53.7 Å². The van der Waals surface area contributed by atoms with Gasteiger partial charge in [0.25, 0.3) is 0 Å². The third-order valence-corrected chi connectivity index (χ3v) is 6.72. The molecule has 166 valence electrons. The van der Waals surface area contributed by atoms with Crippen LogP contribution in [0.1, 0.15) is 63.8 Å². The van der Waals surface area contributed by atoms with Gasteiger partial charge >= 0.3 is 0 Å². The normalized spacial score (nSPS) is 12.9. The van der Waals surface area contributed by atoms with Crippen molar-refractivity contribution in [3.05, 3.63) is 76.9 Å². The van der Waals surface area contributed by atoms with Crippen LogP contribution < -0.4 is 10.6 Å². The molecule has 32 heavy (non-hydrogen) atoms. The Morgan fingerprint density at radius 2 is 1.56 bits per heavy atom. The smallest absolute Gasteiger partial charge is 0.123 e. The summed E-state index contributed by atoms with van der Waals surface area (Å²) in [6.07, 6.45) is 0.896. The average Bonchev–Trinajstić information content (AvgIpc) is 2.71. The molecule has 4 rings (SSSR count). The van der Waals surface area contributed by atoms with Gasteiger partial charge in [-0.3, -0.25) is 0 Å². The Labute approximate surface area is 196 Å². The molecule has 0 bridgehead atoms. The number of thioether (sulfide) groups is 1. The van der Waals surface area contributed by atoms with Crippen LogP contribution in [0.2, 0.25) is 0 Å². The molecule has 0 saturated carbocycles. The molecule has 3 N–H and O–H groups in total. The van der Waals surface area contributed by atoms with Gasteiger partial charge in [0, 0.05) is 39.9 Å². The van der Waals surface area contributed by atoms with Crippen LogP contribution in [0.4, 0.5) is 17.1 Å². The second-order valence-corrected chi connectivity index (χ2v) is 11.6. The number of phenolic OH excluding ortho intramolecular Hbond substituents is 1. The molecule has 4 heteroatoms. The van der Waals surface area contributed by atoms with Crippen LogP contribution in [0.5, 0.6) is 5.75 Å². The van der Waals surface area contributed by atoms with Gasteiger partial charge in [0.2, 0.25) is 0 Å². The van der Waals surface area contributed by atoms with E-state index in [4.69, 9.17) is 0 Å². The molecule has 0 aromatic heterocycles. The van der Waals surface area contributed by atoms with Gasteiger partial charge in [-0.05, 0) is 58.4 Å². The fraction of sp³-hybridized carbons (Fsp3) is 0.357. The fourth-order valence-corrected chi connectivity index (χ4v) is 4.84. The lowest BCUT2D eigenvalue weighted by Gasteiger charge is -2.28. The van der Waals surface area contributed by atoms with Crippen LogP contribution in [-0.4, -0.2) is 11.0 Å². The van der Waals surface area contributed by atoms with Crippen molar-refractivity contribution in [2.75, 3.05) is 16.5 Å². The van der Waals surface area contributed by atoms with Crippen molar-refractivity contribution < 1.29 is 5.11 Å². The summed E-state index contributed by atoms with van der Waals surface area (Å²) < 4.78 is 0. The Morgan fingerprint density at radius 1 is 0.906 bits per heavy atom. The van der Waals surface area contributed by atoms with Crippen LogP contribution in [0, 0.1) is 12.1 Å². The van der Waals surface area contributed by atoms with Crippen LogP contribution in [-0.2, 0) is 17.3 Å². The minimum atomic E-state index is -0.120. The second-order valence-electron chi connectivity index (χ2n) is 10.5. The number of hydrogen-bond acceptors (Lipinski definition) is 4. The zero-order valence-corrected chi connectivity index (χ0v) is 20.6. The molecule has 0 radical (unpaired) electrons. The van der Waals surface area contributed by atoms with E-state index in [2.05, 4.69) is 94.6 Å². The summed E-state index contributed by atoms with van der Waals surface area (Å²) in [5.74, 6) is 1.18. The summed E-state index contributed by atoms with van der Waals surface area (Å²) in [6, 6.07) is 20.8. The Kier molecular flexibility index (Phi) is 5.81. The summed E-state index contributed by atoms with van der Waals surface area (Å²) in [5, 5.41) is 18.0. The van der Waals surface area contributed by atoms with Crippen molar-refractivity contribution in [2.45, 2.75) is 63.7 Å². The minimum absolute atomic E-state index is 0.120. The van der Waals surface area contributed by atoms with Crippen molar-refractivity contribution in [1.29, 1.82) is 0 Å². The summed E-state index contributed by atoms with van der Waals surface area (Å²) in [7, 11) is 0. The summed E-state index contributed by atoms with van der Waals surface area (Å²) >= 11 is 1.76. The van der Waals surface area contributed by atoms with Gasteiger partial charge in [-0.25, -0.2) is 0 Å². The lowest BCUT2D eigenvalue weighted by atomic mass is 9.79. The second kappa shape index (κ2) is 8.30. The molecular formula is C28H32N2OS. The fourth-order valence-electron chi connectivity index (χ4n) is 4.04. The van der Waals surface area contributed by atoms with Crippen molar-refractivity contribution in [3.8, 4) is 5.75 Å². The van der Waals surface area contributed by atoms with E-state index in [0.717, 1.165) is 40.5 Å². The van der Waals surface area contributed by atoms with E-state index in [-0.39, 0.29) is 10.8 Å². The molecule has 0 amide bonds. The van der Waals surface area contributed by atoms with Gasteiger partial charge in [0.05, 0.1) is 11.6 Å². The molecule has 0 fully saturated rings. The number of fused-ring (bicyclic) bond motifs is 2. The molecule has 3 aromatic rings. The van der Waals surface area contributed by atoms with E-state index in [9.17, 15) is 5.11 Å². The third-order valence-electron chi connectivity index (χ3n) is 5.86. The lowest BCUT2D eigenvalue weighted by Crippen LogP contribution is -2.17. The molecule has 0 unspecified atom stereocenters. The Bertz CT molecular complexity index is 1100. The predicted octanol–water partition coefficient (Wildman–Crippen LogP) is 7.40. The van der Waals surface area contributed by atoms with Gasteiger partial charge in [0.1, 0.15) is 5.75 Å². The third kappa shape index (κ3) is 4.69. The summed E-state index contributed by atoms with van der Waals surface area (Å²) in [4.78, 5) is 1.17. The van der Waals surface area contributed by atoms with Crippen molar-refractivity contribution in [1.82, 2.24) is 0 Å². The number of benzene rings is 2. The molecule has 1 aliphatic rings. The zero-order chi connectivity index (χ0) is 23.1. The van der Waals surface area contributed by atoms with Crippen molar-refractivity contribution >= 4 is 28.8 Å². The maximum atomic E-state index is 10.9. The highest BCUT2D eigenvalue weighted by Gasteiger charge is 2.26. The van der Waals surface area contributed by atoms with Crippen LogP contribution in [0.3, 0.4) is 0 Å². The van der Waals surface area contributed by atoms with E-state index in [0.29, 0.717) is 5.75 Å². The van der Waals surface area contributed by atoms with Crippen LogP contribution >= 0.6 is 11.8 Å². The van der Waals surface area contributed by atoms with Gasteiger partial charge in [-0.15, -0.1) is 11.8 Å². The Morgan fingerprint density at radius 3 is 2.22 bits per heavy atom. The van der Waals surface area contributed by atoms with Gasteiger partial charge in [-0.2, -0.15) is 0 Å². The average molecular weight is 445 g/mol. The molecular weight excluding hydrogens is 412 g/mol. The number of nitrogens with one attached hydrogen (secondary N) is 2. The van der Waals surface area contributed by atoms with E-state index in [1.54, 1.807) is 11.8 Å². The number of anilines is 3. The molecule has 3 aromatic carbocycles. The van der Waals surface area contributed by atoms with E-state index in [1.165, 1.54) is 16.0 Å². The SMILES string of the molecule is CC(C)(C)c1cc(SCNc2ccc3c(c2)Cc2cc#ccc2N3)cc(C(C)(C)C)c1O. The van der Waals surface area contributed by atoms with Crippen molar-refractivity contribution in [3.63, 3.8) is 0 Å². The maximum absolute atomic E-state index is 10.9. The lowest BCUT2D eigenvalue weighted by molar-refractivity contribution is 0.422. The van der Waals surface area contributed by atoms with Crippen LogP contribution in [0.15, 0.2) is 47.4 Å². The van der Waals surface area contributed by atoms with Crippen LogP contribution in [0.25, 0.3) is 0 Å². The number of hydrogen-bond donors (Lipinski definition) is 3. The minimum Gasteiger partial charge on any atom is -0.507 e. The first-order valence-electron chi connectivity index (χ1n) is 11.1. The first-order chi connectivity index (χ1) is 15.0. The monoisotopic (exact) mass is 444 g/mol. The number of phenols is 1. The molecule has 0 spiro atoms. The highest BCUT2D eigenvalue weighted by Crippen LogP contribution is 2.42. The molecule has 1 aliphatic heterocycles. The quantitative estimate of drug-likeness (QED) is 0.227. The molecule has 0 atom stereocenters. The highest BCUT2D eigenvalue weighted by molar-refractivity contribution is 7.99. The van der Waals surface area contributed by atoms with E-state index in [1.807, 2.05) is 12.1 Å². The molecule has 0 saturated heterocycles. The first-order valence-corrected chi connectivity index (χ1v) is 12.1. The number of aromatic hydroxyl groups is 1. The van der Waals surface area contributed by atoms with Gasteiger partial charge < -0.3 is 15.7 Å². The van der Waals surface area contributed by atoms with E-state index < -0.39 is 0 Å². The molecule has 1 heterocycles. The predicted molar refractivity (Wildman–Crippen MR) is 136 cm³/mol. The van der Waals surface area contributed by atoms with Gasteiger partial charge in [0.15, 0.2) is 0 Å². The number of rotatable bonds is 4. The first kappa shape index (κ1) is 22.4. The summed E-state index contributed by atoms with van der Waals surface area (Å²) in [5.41, 5.74) is 7.66. The standard InChI is InChI=1S/C28H32N2OS/c1-27(2,3)22-15-21(16-23(26(22)31)28(4,5)6)32-17-29-20-11-12-25-19(14-20)13-18-9-7-8-10-24(18)30-25/h9-12,14-16,29-31H,13,17H2,1-6H3. The van der Waals surface area contributed by atoms with E-state index >= 15 is 0 Å². The Balaban J connectivity index is 1.49. The topological polar surface area (TPSA) is 44.3 Å². The molecule has 3 nitrogen and oxygen atoms in total.